The van der Waals surface area contributed by atoms with Crippen molar-refractivity contribution in [2.45, 2.75) is 11.7 Å². The van der Waals surface area contributed by atoms with E-state index in [9.17, 15) is 14.4 Å². The molecule has 0 bridgehead atoms. The molecule has 1 atom stereocenters. The molecule has 2 aliphatic rings. The molecule has 0 spiro atoms. The number of carbonyl (C=O) groups excluding carboxylic acids is 3. The predicted molar refractivity (Wildman–Crippen MR) is 105 cm³/mol. The third kappa shape index (κ3) is 3.49. The molecule has 1 fully saturated rings. The van der Waals surface area contributed by atoms with Gasteiger partial charge in [0.15, 0.2) is 0 Å². The lowest BCUT2D eigenvalue weighted by molar-refractivity contribution is -0.131. The molecule has 2 aromatic rings. The van der Waals surface area contributed by atoms with Gasteiger partial charge in [-0.05, 0) is 24.1 Å². The molecule has 0 saturated carbocycles. The van der Waals surface area contributed by atoms with E-state index in [1.165, 1.54) is 5.56 Å². The number of hydrogen-bond donors (Lipinski definition) is 0. The zero-order valence-corrected chi connectivity index (χ0v) is 15.7. The minimum Gasteiger partial charge on any atom is -0.340 e. The first-order valence-electron chi connectivity index (χ1n) is 9.04. The zero-order chi connectivity index (χ0) is 18.8. The van der Waals surface area contributed by atoms with Gasteiger partial charge in [-0.1, -0.05) is 42.5 Å². The summed E-state index contributed by atoms with van der Waals surface area (Å²) in [6.45, 7) is 1.08. The number of carbonyl (C=O) groups is 3. The van der Waals surface area contributed by atoms with E-state index in [-0.39, 0.29) is 24.3 Å². The maximum absolute atomic E-state index is 12.8. The van der Waals surface area contributed by atoms with Crippen LogP contribution in [0.4, 0.5) is 0 Å². The molecule has 4 rings (SSSR count). The Morgan fingerprint density at radius 1 is 0.926 bits per heavy atom. The van der Waals surface area contributed by atoms with Crippen molar-refractivity contribution in [1.29, 1.82) is 0 Å². The van der Waals surface area contributed by atoms with E-state index < -0.39 is 0 Å². The molecular weight excluding hydrogens is 360 g/mol. The Balaban J connectivity index is 1.41. The van der Waals surface area contributed by atoms with Gasteiger partial charge in [0.25, 0.3) is 11.8 Å². The first-order chi connectivity index (χ1) is 13.1. The van der Waals surface area contributed by atoms with Crippen molar-refractivity contribution >= 4 is 29.5 Å². The van der Waals surface area contributed by atoms with Gasteiger partial charge in [-0.15, -0.1) is 0 Å². The van der Waals surface area contributed by atoms with Crippen LogP contribution in [0.5, 0.6) is 0 Å². The summed E-state index contributed by atoms with van der Waals surface area (Å²) in [7, 11) is 0. The summed E-state index contributed by atoms with van der Waals surface area (Å²) in [4.78, 5) is 40.5. The molecule has 0 radical (unpaired) electrons. The Labute approximate surface area is 162 Å². The highest BCUT2D eigenvalue weighted by molar-refractivity contribution is 7.99. The highest BCUT2D eigenvalue weighted by Gasteiger charge is 2.37. The molecule has 1 saturated heterocycles. The number of benzene rings is 2. The first-order valence-corrected chi connectivity index (χ1v) is 10.1. The van der Waals surface area contributed by atoms with E-state index >= 15 is 0 Å². The van der Waals surface area contributed by atoms with Gasteiger partial charge in [-0.3, -0.25) is 19.3 Å². The van der Waals surface area contributed by atoms with Crippen molar-refractivity contribution in [2.24, 2.45) is 0 Å². The van der Waals surface area contributed by atoms with E-state index in [0.29, 0.717) is 29.5 Å². The molecule has 3 amide bonds. The number of imide groups is 1. The monoisotopic (exact) mass is 380 g/mol. The predicted octanol–water partition coefficient (Wildman–Crippen LogP) is 2.99. The maximum Gasteiger partial charge on any atom is 0.262 e. The summed E-state index contributed by atoms with van der Waals surface area (Å²) in [6.07, 6.45) is 0.864. The van der Waals surface area contributed by atoms with Gasteiger partial charge in [-0.25, -0.2) is 0 Å². The van der Waals surface area contributed by atoms with Crippen molar-refractivity contribution in [3.05, 3.63) is 71.3 Å². The lowest BCUT2D eigenvalue weighted by Crippen LogP contribution is -2.43. The van der Waals surface area contributed by atoms with Gasteiger partial charge in [0, 0.05) is 24.1 Å². The highest BCUT2D eigenvalue weighted by Crippen LogP contribution is 2.34. The van der Waals surface area contributed by atoms with Crippen LogP contribution >= 0.6 is 11.8 Å². The molecule has 27 heavy (non-hydrogen) atoms. The van der Waals surface area contributed by atoms with Gasteiger partial charge < -0.3 is 4.90 Å². The Morgan fingerprint density at radius 3 is 2.22 bits per heavy atom. The molecule has 1 unspecified atom stereocenters. The van der Waals surface area contributed by atoms with Crippen molar-refractivity contribution < 1.29 is 14.4 Å². The summed E-state index contributed by atoms with van der Waals surface area (Å²) >= 11 is 1.85. The molecule has 5 nitrogen and oxygen atoms in total. The van der Waals surface area contributed by atoms with Crippen LogP contribution in [0.2, 0.25) is 0 Å². The highest BCUT2D eigenvalue weighted by atomic mass is 32.2. The van der Waals surface area contributed by atoms with Gasteiger partial charge >= 0.3 is 0 Å². The largest absolute Gasteiger partial charge is 0.340 e. The van der Waals surface area contributed by atoms with Crippen LogP contribution in [0.3, 0.4) is 0 Å². The molecule has 138 valence electrons. The fourth-order valence-corrected chi connectivity index (χ4v) is 4.80. The van der Waals surface area contributed by atoms with E-state index in [1.807, 2.05) is 30.0 Å². The first kappa shape index (κ1) is 17.8. The van der Waals surface area contributed by atoms with Gasteiger partial charge in [0.1, 0.15) is 6.54 Å². The normalized spacial score (nSPS) is 19.8. The molecule has 2 heterocycles. The van der Waals surface area contributed by atoms with Crippen LogP contribution in [0.15, 0.2) is 54.6 Å². The summed E-state index contributed by atoms with van der Waals surface area (Å²) in [5.74, 6) is -0.0858. The number of nitrogens with zero attached hydrogens (tertiary/aromatic N) is 2. The Morgan fingerprint density at radius 2 is 1.56 bits per heavy atom. The van der Waals surface area contributed by atoms with E-state index in [0.717, 1.165) is 17.1 Å². The van der Waals surface area contributed by atoms with Crippen LogP contribution in [-0.4, -0.2) is 52.9 Å². The van der Waals surface area contributed by atoms with Gasteiger partial charge in [-0.2, -0.15) is 11.8 Å². The second-order valence-electron chi connectivity index (χ2n) is 6.68. The van der Waals surface area contributed by atoms with Crippen molar-refractivity contribution in [1.82, 2.24) is 9.80 Å². The quantitative estimate of drug-likeness (QED) is 0.768. The summed E-state index contributed by atoms with van der Waals surface area (Å²) in [5.41, 5.74) is 2.04. The molecule has 0 aromatic heterocycles. The number of hydrogen-bond acceptors (Lipinski definition) is 4. The number of fused-ring (bicyclic) bond motifs is 1. The summed E-state index contributed by atoms with van der Waals surface area (Å²) in [5, 5.41) is 0.364. The van der Waals surface area contributed by atoms with Crippen LogP contribution in [-0.2, 0) is 4.79 Å². The maximum atomic E-state index is 12.8. The molecule has 2 aliphatic heterocycles. The second kappa shape index (κ2) is 7.56. The smallest absolute Gasteiger partial charge is 0.262 e. The fraction of sp³-hybridized carbons (Fsp3) is 0.286. The van der Waals surface area contributed by atoms with E-state index in [2.05, 4.69) is 12.1 Å². The van der Waals surface area contributed by atoms with Crippen LogP contribution < -0.4 is 0 Å². The minimum absolute atomic E-state index is 0.168. The third-order valence-corrected chi connectivity index (χ3v) is 6.37. The van der Waals surface area contributed by atoms with E-state index in [4.69, 9.17) is 0 Å². The van der Waals surface area contributed by atoms with Gasteiger partial charge in [0.05, 0.1) is 11.1 Å². The summed E-state index contributed by atoms with van der Waals surface area (Å²) in [6, 6.07) is 17.0. The van der Waals surface area contributed by atoms with Crippen LogP contribution in [0, 0.1) is 0 Å². The third-order valence-electron chi connectivity index (χ3n) is 5.04. The second-order valence-corrected chi connectivity index (χ2v) is 7.99. The van der Waals surface area contributed by atoms with Gasteiger partial charge in [0.2, 0.25) is 5.91 Å². The molecular formula is C21H20N2O3S. The molecule has 0 aliphatic carbocycles. The standard InChI is InChI=1S/C21H20N2O3S/c24-19(14-23-20(25)16-8-4-5-9-17(16)21(23)26)22-11-10-18(27-13-12-22)15-6-2-1-3-7-15/h1-9,18H,10-14H2. The zero-order valence-electron chi connectivity index (χ0n) is 14.8. The number of rotatable bonds is 3. The van der Waals surface area contributed by atoms with Crippen molar-refractivity contribution in [3.8, 4) is 0 Å². The van der Waals surface area contributed by atoms with Crippen molar-refractivity contribution in [3.63, 3.8) is 0 Å². The van der Waals surface area contributed by atoms with Crippen LogP contribution in [0.1, 0.15) is 38.0 Å². The Kier molecular flexibility index (Phi) is 4.99. The molecule has 0 N–H and O–H groups in total. The van der Waals surface area contributed by atoms with E-state index in [1.54, 1.807) is 29.2 Å². The minimum atomic E-state index is -0.379. The lowest BCUT2D eigenvalue weighted by atomic mass is 10.1. The average Bonchev–Trinajstić information content (AvgIpc) is 2.89. The molecule has 2 aromatic carbocycles. The van der Waals surface area contributed by atoms with Crippen LogP contribution in [0.25, 0.3) is 0 Å². The Hall–Kier alpha value is -2.60. The topological polar surface area (TPSA) is 57.7 Å². The van der Waals surface area contributed by atoms with Crippen molar-refractivity contribution in [2.75, 3.05) is 25.4 Å². The number of amides is 3. The Bertz CT molecular complexity index is 849. The molecule has 6 heteroatoms. The average molecular weight is 380 g/mol. The SMILES string of the molecule is O=C(CN1C(=O)c2ccccc2C1=O)N1CCSC(c2ccccc2)CC1. The fourth-order valence-electron chi connectivity index (χ4n) is 3.57. The number of thioether (sulfide) groups is 1. The lowest BCUT2D eigenvalue weighted by Gasteiger charge is -2.23. The summed E-state index contributed by atoms with van der Waals surface area (Å²) < 4.78 is 0.